The topological polar surface area (TPSA) is 105 Å². The Hall–Kier alpha value is -2.08. The number of aromatic nitrogens is 2. The summed E-state index contributed by atoms with van der Waals surface area (Å²) in [4.78, 5) is 4.17. The maximum atomic E-state index is 9.40. The average molecular weight is 249 g/mol. The van der Waals surface area contributed by atoms with Gasteiger partial charge in [0, 0.05) is 5.56 Å². The lowest BCUT2D eigenvalue weighted by atomic mass is 10.2. The fourth-order valence-electron chi connectivity index (χ4n) is 1.60. The predicted octanol–water partition coefficient (Wildman–Crippen LogP) is 1.95. The van der Waals surface area contributed by atoms with Gasteiger partial charge in [-0.15, -0.1) is 0 Å². The van der Waals surface area contributed by atoms with Crippen LogP contribution in [0.15, 0.2) is 22.7 Å². The third-order valence-corrected chi connectivity index (χ3v) is 2.59. The SMILES string of the molecule is CCCC(N)c1nc(-c2ccc(O)c(O)c2)no1. The van der Waals surface area contributed by atoms with E-state index in [1.807, 2.05) is 6.92 Å². The lowest BCUT2D eigenvalue weighted by Gasteiger charge is -2.02. The van der Waals surface area contributed by atoms with Crippen LogP contribution in [0.2, 0.25) is 0 Å². The van der Waals surface area contributed by atoms with Crippen LogP contribution in [0.3, 0.4) is 0 Å². The van der Waals surface area contributed by atoms with Crippen molar-refractivity contribution in [2.45, 2.75) is 25.8 Å². The van der Waals surface area contributed by atoms with Gasteiger partial charge in [0.15, 0.2) is 11.5 Å². The molecular weight excluding hydrogens is 234 g/mol. The van der Waals surface area contributed by atoms with Crippen LogP contribution in [-0.4, -0.2) is 20.4 Å². The Bertz CT molecular complexity index is 539. The first kappa shape index (κ1) is 12.4. The molecule has 6 nitrogen and oxygen atoms in total. The number of nitrogens with two attached hydrogens (primary N) is 1. The quantitative estimate of drug-likeness (QED) is 0.715. The van der Waals surface area contributed by atoms with Crippen molar-refractivity contribution >= 4 is 0 Å². The lowest BCUT2D eigenvalue weighted by Crippen LogP contribution is -2.09. The number of phenolic OH excluding ortho intramolecular Hbond substituents is 2. The van der Waals surface area contributed by atoms with Crippen molar-refractivity contribution in [3.8, 4) is 22.9 Å². The summed E-state index contributed by atoms with van der Waals surface area (Å²) in [7, 11) is 0. The van der Waals surface area contributed by atoms with Gasteiger partial charge in [-0.1, -0.05) is 18.5 Å². The zero-order valence-corrected chi connectivity index (χ0v) is 10.00. The minimum atomic E-state index is -0.276. The third kappa shape index (κ3) is 2.43. The van der Waals surface area contributed by atoms with Gasteiger partial charge < -0.3 is 20.5 Å². The van der Waals surface area contributed by atoms with Crippen molar-refractivity contribution in [2.24, 2.45) is 5.73 Å². The Morgan fingerprint density at radius 3 is 2.78 bits per heavy atom. The highest BCUT2D eigenvalue weighted by molar-refractivity contribution is 5.59. The van der Waals surface area contributed by atoms with Gasteiger partial charge in [0.1, 0.15) is 0 Å². The highest BCUT2D eigenvalue weighted by Gasteiger charge is 2.15. The van der Waals surface area contributed by atoms with E-state index in [-0.39, 0.29) is 17.5 Å². The molecule has 1 heterocycles. The van der Waals surface area contributed by atoms with Gasteiger partial charge in [-0.3, -0.25) is 0 Å². The molecular formula is C12H15N3O3. The van der Waals surface area contributed by atoms with Crippen LogP contribution in [0.4, 0.5) is 0 Å². The van der Waals surface area contributed by atoms with E-state index in [2.05, 4.69) is 10.1 Å². The molecule has 0 spiro atoms. The van der Waals surface area contributed by atoms with Crippen molar-refractivity contribution < 1.29 is 14.7 Å². The molecule has 4 N–H and O–H groups in total. The Labute approximate surface area is 104 Å². The van der Waals surface area contributed by atoms with Gasteiger partial charge in [-0.05, 0) is 24.6 Å². The summed E-state index contributed by atoms with van der Waals surface area (Å²) >= 11 is 0. The van der Waals surface area contributed by atoms with Gasteiger partial charge in [0.05, 0.1) is 6.04 Å². The molecule has 0 fully saturated rings. The molecule has 1 aromatic heterocycles. The summed E-state index contributed by atoms with van der Waals surface area (Å²) in [6.45, 7) is 2.02. The summed E-state index contributed by atoms with van der Waals surface area (Å²) in [5.41, 5.74) is 6.42. The lowest BCUT2D eigenvalue weighted by molar-refractivity contribution is 0.348. The van der Waals surface area contributed by atoms with Crippen LogP contribution in [0.5, 0.6) is 11.5 Å². The van der Waals surface area contributed by atoms with Crippen molar-refractivity contribution in [1.29, 1.82) is 0 Å². The van der Waals surface area contributed by atoms with Gasteiger partial charge in [-0.25, -0.2) is 0 Å². The highest BCUT2D eigenvalue weighted by Crippen LogP contribution is 2.29. The smallest absolute Gasteiger partial charge is 0.243 e. The van der Waals surface area contributed by atoms with Crippen molar-refractivity contribution in [1.82, 2.24) is 10.1 Å². The van der Waals surface area contributed by atoms with E-state index in [9.17, 15) is 10.2 Å². The molecule has 2 rings (SSSR count). The molecule has 0 aliphatic carbocycles. The zero-order valence-electron chi connectivity index (χ0n) is 10.00. The van der Waals surface area contributed by atoms with Crippen LogP contribution in [0.25, 0.3) is 11.4 Å². The molecule has 1 unspecified atom stereocenters. The van der Waals surface area contributed by atoms with E-state index in [0.717, 1.165) is 12.8 Å². The van der Waals surface area contributed by atoms with Crippen molar-refractivity contribution in [3.05, 3.63) is 24.1 Å². The molecule has 1 aromatic carbocycles. The van der Waals surface area contributed by atoms with E-state index >= 15 is 0 Å². The molecule has 18 heavy (non-hydrogen) atoms. The van der Waals surface area contributed by atoms with Crippen LogP contribution in [0, 0.1) is 0 Å². The Morgan fingerprint density at radius 1 is 1.33 bits per heavy atom. The van der Waals surface area contributed by atoms with Gasteiger partial charge in [-0.2, -0.15) is 4.98 Å². The summed E-state index contributed by atoms with van der Waals surface area (Å²) < 4.78 is 5.07. The largest absolute Gasteiger partial charge is 0.504 e. The minimum Gasteiger partial charge on any atom is -0.504 e. The molecule has 0 aliphatic rings. The summed E-state index contributed by atoms with van der Waals surface area (Å²) in [6, 6.07) is 4.05. The van der Waals surface area contributed by atoms with Crippen LogP contribution < -0.4 is 5.73 Å². The predicted molar refractivity (Wildman–Crippen MR) is 64.9 cm³/mol. The van der Waals surface area contributed by atoms with Crippen LogP contribution >= 0.6 is 0 Å². The van der Waals surface area contributed by atoms with E-state index in [1.54, 1.807) is 6.07 Å². The maximum Gasteiger partial charge on any atom is 0.243 e. The first-order valence-electron chi connectivity index (χ1n) is 5.73. The third-order valence-electron chi connectivity index (χ3n) is 2.59. The maximum absolute atomic E-state index is 9.40. The van der Waals surface area contributed by atoms with Gasteiger partial charge in [0.25, 0.3) is 0 Å². The fourth-order valence-corrected chi connectivity index (χ4v) is 1.60. The van der Waals surface area contributed by atoms with E-state index in [0.29, 0.717) is 17.3 Å². The second-order valence-electron chi connectivity index (χ2n) is 4.05. The summed E-state index contributed by atoms with van der Waals surface area (Å²) in [5.74, 6) is 0.299. The Balaban J connectivity index is 2.26. The molecule has 0 saturated carbocycles. The minimum absolute atomic E-state index is 0.190. The molecule has 0 aliphatic heterocycles. The first-order valence-corrected chi connectivity index (χ1v) is 5.73. The fraction of sp³-hybridized carbons (Fsp3) is 0.333. The Kier molecular flexibility index (Phi) is 3.47. The van der Waals surface area contributed by atoms with E-state index < -0.39 is 0 Å². The molecule has 1 atom stereocenters. The number of aromatic hydroxyl groups is 2. The zero-order chi connectivity index (χ0) is 13.1. The van der Waals surface area contributed by atoms with Gasteiger partial charge >= 0.3 is 0 Å². The monoisotopic (exact) mass is 249 g/mol. The standard InChI is InChI=1S/C12H15N3O3/c1-2-3-8(13)12-14-11(15-18-12)7-4-5-9(16)10(17)6-7/h4-6,8,16-17H,2-3,13H2,1H3. The number of hydrogen-bond donors (Lipinski definition) is 3. The van der Waals surface area contributed by atoms with Crippen molar-refractivity contribution in [3.63, 3.8) is 0 Å². The number of rotatable bonds is 4. The number of nitrogens with zero attached hydrogens (tertiary/aromatic N) is 2. The first-order chi connectivity index (χ1) is 8.61. The summed E-state index contributed by atoms with van der Waals surface area (Å²) in [5, 5.41) is 22.4. The normalized spacial score (nSPS) is 12.6. The van der Waals surface area contributed by atoms with E-state index in [1.165, 1.54) is 12.1 Å². The van der Waals surface area contributed by atoms with Gasteiger partial charge in [0.2, 0.25) is 11.7 Å². The molecule has 6 heteroatoms. The second kappa shape index (κ2) is 5.05. The Morgan fingerprint density at radius 2 is 2.11 bits per heavy atom. The number of phenols is 2. The molecule has 0 amide bonds. The number of hydrogen-bond acceptors (Lipinski definition) is 6. The molecule has 0 bridgehead atoms. The summed E-state index contributed by atoms with van der Waals surface area (Å²) in [6.07, 6.45) is 1.70. The van der Waals surface area contributed by atoms with Crippen LogP contribution in [-0.2, 0) is 0 Å². The van der Waals surface area contributed by atoms with E-state index in [4.69, 9.17) is 10.3 Å². The van der Waals surface area contributed by atoms with Crippen LogP contribution in [0.1, 0.15) is 31.7 Å². The molecule has 2 aromatic rings. The molecule has 96 valence electrons. The highest BCUT2D eigenvalue weighted by atomic mass is 16.5. The molecule has 0 saturated heterocycles. The average Bonchev–Trinajstić information content (AvgIpc) is 2.82. The number of benzene rings is 1. The van der Waals surface area contributed by atoms with Crippen molar-refractivity contribution in [2.75, 3.05) is 0 Å². The molecule has 0 radical (unpaired) electrons. The second-order valence-corrected chi connectivity index (χ2v) is 4.05.